The SMILES string of the molecule is CCCCOc1ccc(C(NN)c2ccnn2C)cc1. The molecule has 1 unspecified atom stereocenters. The summed E-state index contributed by atoms with van der Waals surface area (Å²) in [5.74, 6) is 6.57. The molecule has 1 heterocycles. The largest absolute Gasteiger partial charge is 0.494 e. The molecule has 0 aliphatic heterocycles. The standard InChI is InChI=1S/C15H22N4O/c1-3-4-11-20-13-7-5-12(6-8-13)15(18-16)14-9-10-17-19(14)2/h5-10,15,18H,3-4,11,16H2,1-2H3. The number of hydrogen-bond acceptors (Lipinski definition) is 4. The van der Waals surface area contributed by atoms with Crippen molar-refractivity contribution in [2.75, 3.05) is 6.61 Å². The molecule has 0 spiro atoms. The van der Waals surface area contributed by atoms with Crippen LogP contribution < -0.4 is 16.0 Å². The summed E-state index contributed by atoms with van der Waals surface area (Å²) in [5.41, 5.74) is 4.93. The van der Waals surface area contributed by atoms with Gasteiger partial charge in [-0.25, -0.2) is 5.43 Å². The average molecular weight is 274 g/mol. The lowest BCUT2D eigenvalue weighted by Gasteiger charge is -2.17. The van der Waals surface area contributed by atoms with Crippen LogP contribution in [0.1, 0.15) is 37.1 Å². The van der Waals surface area contributed by atoms with Crippen molar-refractivity contribution in [3.8, 4) is 5.75 Å². The van der Waals surface area contributed by atoms with Gasteiger partial charge < -0.3 is 4.74 Å². The number of hydrazine groups is 1. The number of rotatable bonds is 7. The highest BCUT2D eigenvalue weighted by Gasteiger charge is 2.15. The van der Waals surface area contributed by atoms with E-state index < -0.39 is 0 Å². The predicted molar refractivity (Wildman–Crippen MR) is 79.2 cm³/mol. The number of nitrogens with two attached hydrogens (primary N) is 1. The highest BCUT2D eigenvalue weighted by Crippen LogP contribution is 2.23. The third kappa shape index (κ3) is 3.37. The maximum Gasteiger partial charge on any atom is 0.119 e. The number of nitrogens with zero attached hydrogens (tertiary/aromatic N) is 2. The molecule has 5 nitrogen and oxygen atoms in total. The Balaban J connectivity index is 2.10. The van der Waals surface area contributed by atoms with Crippen LogP contribution in [0.3, 0.4) is 0 Å². The van der Waals surface area contributed by atoms with Crippen LogP contribution in [0.4, 0.5) is 0 Å². The van der Waals surface area contributed by atoms with E-state index in [1.54, 1.807) is 6.20 Å². The van der Waals surface area contributed by atoms with E-state index in [4.69, 9.17) is 10.6 Å². The molecule has 0 aliphatic rings. The minimum Gasteiger partial charge on any atom is -0.494 e. The van der Waals surface area contributed by atoms with Crippen molar-refractivity contribution >= 4 is 0 Å². The van der Waals surface area contributed by atoms with Crippen molar-refractivity contribution in [2.45, 2.75) is 25.8 Å². The monoisotopic (exact) mass is 274 g/mol. The molecule has 0 saturated carbocycles. The van der Waals surface area contributed by atoms with Crippen molar-refractivity contribution in [1.29, 1.82) is 0 Å². The molecule has 0 amide bonds. The molecule has 2 rings (SSSR count). The minimum absolute atomic E-state index is 0.0767. The summed E-state index contributed by atoms with van der Waals surface area (Å²) in [7, 11) is 1.90. The van der Waals surface area contributed by atoms with E-state index in [1.807, 2.05) is 42.1 Å². The number of benzene rings is 1. The molecule has 1 aromatic heterocycles. The second-order valence-electron chi connectivity index (χ2n) is 4.75. The maximum atomic E-state index is 5.68. The van der Waals surface area contributed by atoms with E-state index in [1.165, 1.54) is 0 Å². The molecule has 0 radical (unpaired) electrons. The molecule has 2 aromatic rings. The molecule has 20 heavy (non-hydrogen) atoms. The Labute approximate surface area is 119 Å². The normalized spacial score (nSPS) is 12.3. The third-order valence-electron chi connectivity index (χ3n) is 3.30. The zero-order valence-corrected chi connectivity index (χ0v) is 12.0. The average Bonchev–Trinajstić information content (AvgIpc) is 2.88. The molecule has 5 heteroatoms. The number of aromatic nitrogens is 2. The fourth-order valence-corrected chi connectivity index (χ4v) is 2.11. The first kappa shape index (κ1) is 14.6. The summed E-state index contributed by atoms with van der Waals surface area (Å²) in [5, 5.41) is 4.17. The van der Waals surface area contributed by atoms with Gasteiger partial charge in [-0.1, -0.05) is 25.5 Å². The third-order valence-corrected chi connectivity index (χ3v) is 3.30. The zero-order chi connectivity index (χ0) is 14.4. The van der Waals surface area contributed by atoms with E-state index in [2.05, 4.69) is 17.4 Å². The topological polar surface area (TPSA) is 65.1 Å². The van der Waals surface area contributed by atoms with E-state index in [0.717, 1.165) is 36.5 Å². The first-order valence-electron chi connectivity index (χ1n) is 6.93. The summed E-state index contributed by atoms with van der Waals surface area (Å²) >= 11 is 0. The quantitative estimate of drug-likeness (QED) is 0.461. The first-order chi connectivity index (χ1) is 9.76. The Hall–Kier alpha value is -1.85. The van der Waals surface area contributed by atoms with Crippen molar-refractivity contribution in [2.24, 2.45) is 12.9 Å². The van der Waals surface area contributed by atoms with E-state index in [-0.39, 0.29) is 6.04 Å². The predicted octanol–water partition coefficient (Wildman–Crippen LogP) is 2.15. The highest BCUT2D eigenvalue weighted by atomic mass is 16.5. The molecule has 0 aliphatic carbocycles. The van der Waals surface area contributed by atoms with Crippen LogP contribution in [-0.2, 0) is 7.05 Å². The van der Waals surface area contributed by atoms with E-state index >= 15 is 0 Å². The molecule has 108 valence electrons. The molecule has 0 bridgehead atoms. The second-order valence-corrected chi connectivity index (χ2v) is 4.75. The van der Waals surface area contributed by atoms with Gasteiger partial charge in [0.1, 0.15) is 5.75 Å². The Morgan fingerprint density at radius 3 is 2.60 bits per heavy atom. The molecule has 1 aromatic carbocycles. The van der Waals surface area contributed by atoms with Gasteiger partial charge >= 0.3 is 0 Å². The highest BCUT2D eigenvalue weighted by molar-refractivity contribution is 5.33. The Morgan fingerprint density at radius 1 is 1.30 bits per heavy atom. The number of ether oxygens (including phenoxy) is 1. The van der Waals surface area contributed by atoms with Gasteiger partial charge in [-0.2, -0.15) is 5.10 Å². The zero-order valence-electron chi connectivity index (χ0n) is 12.0. The van der Waals surface area contributed by atoms with Crippen LogP contribution in [-0.4, -0.2) is 16.4 Å². The summed E-state index contributed by atoms with van der Waals surface area (Å²) in [6.45, 7) is 2.91. The van der Waals surface area contributed by atoms with E-state index in [9.17, 15) is 0 Å². The van der Waals surface area contributed by atoms with Crippen molar-refractivity contribution < 1.29 is 4.74 Å². The minimum atomic E-state index is -0.0767. The Kier molecular flexibility index (Phi) is 5.15. The van der Waals surface area contributed by atoms with Gasteiger partial charge in [0, 0.05) is 13.2 Å². The van der Waals surface area contributed by atoms with Gasteiger partial charge in [-0.3, -0.25) is 10.5 Å². The molecule has 0 fully saturated rings. The van der Waals surface area contributed by atoms with Crippen molar-refractivity contribution in [3.63, 3.8) is 0 Å². The molecule has 1 atom stereocenters. The lowest BCUT2D eigenvalue weighted by molar-refractivity contribution is 0.309. The Bertz CT molecular complexity index is 521. The van der Waals surface area contributed by atoms with Crippen LogP contribution in [0, 0.1) is 0 Å². The molecular formula is C15H22N4O. The van der Waals surface area contributed by atoms with Gasteiger partial charge in [0.05, 0.1) is 18.3 Å². The van der Waals surface area contributed by atoms with Crippen LogP contribution in [0.2, 0.25) is 0 Å². The van der Waals surface area contributed by atoms with Crippen molar-refractivity contribution in [1.82, 2.24) is 15.2 Å². The summed E-state index contributed by atoms with van der Waals surface area (Å²) in [6, 6.07) is 9.89. The van der Waals surface area contributed by atoms with Crippen LogP contribution in [0.5, 0.6) is 5.75 Å². The molecule has 0 saturated heterocycles. The fourth-order valence-electron chi connectivity index (χ4n) is 2.11. The van der Waals surface area contributed by atoms with Crippen LogP contribution in [0.25, 0.3) is 0 Å². The summed E-state index contributed by atoms with van der Waals surface area (Å²) in [6.07, 6.45) is 3.98. The van der Waals surface area contributed by atoms with Gasteiger partial charge in [-0.05, 0) is 30.2 Å². The molecule has 3 N–H and O–H groups in total. The lowest BCUT2D eigenvalue weighted by Crippen LogP contribution is -2.30. The second kappa shape index (κ2) is 7.07. The van der Waals surface area contributed by atoms with Crippen molar-refractivity contribution in [3.05, 3.63) is 47.8 Å². The number of unbranched alkanes of at least 4 members (excludes halogenated alkanes) is 1. The Morgan fingerprint density at radius 2 is 2.05 bits per heavy atom. The molecular weight excluding hydrogens is 252 g/mol. The number of hydrogen-bond donors (Lipinski definition) is 2. The smallest absolute Gasteiger partial charge is 0.119 e. The van der Waals surface area contributed by atoms with Crippen LogP contribution >= 0.6 is 0 Å². The van der Waals surface area contributed by atoms with Gasteiger partial charge in [0.25, 0.3) is 0 Å². The summed E-state index contributed by atoms with van der Waals surface area (Å²) in [4.78, 5) is 0. The number of nitrogens with one attached hydrogen (secondary N) is 1. The lowest BCUT2D eigenvalue weighted by atomic mass is 10.0. The van der Waals surface area contributed by atoms with Gasteiger partial charge in [-0.15, -0.1) is 0 Å². The fraction of sp³-hybridized carbons (Fsp3) is 0.400. The summed E-state index contributed by atoms with van der Waals surface area (Å²) < 4.78 is 7.48. The first-order valence-corrected chi connectivity index (χ1v) is 6.93. The van der Waals surface area contributed by atoms with E-state index in [0.29, 0.717) is 0 Å². The maximum absolute atomic E-state index is 5.68. The van der Waals surface area contributed by atoms with Crippen LogP contribution in [0.15, 0.2) is 36.5 Å². The van der Waals surface area contributed by atoms with Gasteiger partial charge in [0.15, 0.2) is 0 Å². The van der Waals surface area contributed by atoms with Gasteiger partial charge in [0.2, 0.25) is 0 Å². The number of aryl methyl sites for hydroxylation is 1.